The number of aromatic nitrogens is 2. The molecule has 2 aromatic rings. The number of carbonyl (C=O) groups is 1. The Balaban J connectivity index is 1.36. The van der Waals surface area contributed by atoms with Gasteiger partial charge in [-0.1, -0.05) is 0 Å². The van der Waals surface area contributed by atoms with E-state index in [2.05, 4.69) is 10.3 Å². The largest absolute Gasteiger partial charge is 0.619 e. The topological polar surface area (TPSA) is 81.4 Å². The Labute approximate surface area is 179 Å². The second kappa shape index (κ2) is 8.74. The lowest BCUT2D eigenvalue weighted by Gasteiger charge is -2.40. The van der Waals surface area contributed by atoms with Gasteiger partial charge in [0.1, 0.15) is 11.6 Å². The lowest BCUT2D eigenvalue weighted by Crippen LogP contribution is -2.52. The van der Waals surface area contributed by atoms with Crippen LogP contribution in [0.15, 0.2) is 42.9 Å². The Hall–Kier alpha value is -2.81. The number of piperidine rings is 1. The summed E-state index contributed by atoms with van der Waals surface area (Å²) in [5, 5.41) is 14.0. The van der Waals surface area contributed by atoms with E-state index in [-0.39, 0.29) is 25.4 Å². The number of nitrogens with one attached hydrogen (secondary N) is 1. The van der Waals surface area contributed by atoms with Crippen LogP contribution >= 0.6 is 0 Å². The number of pyridine rings is 2. The molecule has 4 rings (SSSR count). The summed E-state index contributed by atoms with van der Waals surface area (Å²) < 4.78 is 35.3. The fraction of sp³-hybridized carbons (Fsp3) is 0.500. The lowest BCUT2D eigenvalue weighted by molar-refractivity contribution is -0.605. The first-order chi connectivity index (χ1) is 14.8. The average molecular weight is 432 g/mol. The Morgan fingerprint density at radius 1 is 1.35 bits per heavy atom. The number of carbonyl (C=O) groups excluding carboxylic acids is 1. The first-order valence-corrected chi connectivity index (χ1v) is 10.5. The molecule has 1 saturated carbocycles. The van der Waals surface area contributed by atoms with Gasteiger partial charge in [-0.3, -0.25) is 9.69 Å². The van der Waals surface area contributed by atoms with E-state index in [9.17, 15) is 18.8 Å². The Morgan fingerprint density at radius 3 is 2.74 bits per heavy atom. The zero-order valence-corrected chi connectivity index (χ0v) is 17.3. The number of amides is 1. The normalized spacial score (nSPS) is 22.0. The minimum absolute atomic E-state index is 0.0197. The van der Waals surface area contributed by atoms with Crippen molar-refractivity contribution in [2.75, 3.05) is 25.0 Å². The number of ether oxygens (including phenoxy) is 1. The van der Waals surface area contributed by atoms with E-state index >= 15 is 0 Å². The Kier molecular flexibility index (Phi) is 6.04. The molecule has 31 heavy (non-hydrogen) atoms. The molecular formula is C22H26F2N4O3. The van der Waals surface area contributed by atoms with Gasteiger partial charge >= 0.3 is 0 Å². The van der Waals surface area contributed by atoms with E-state index < -0.39 is 17.9 Å². The molecule has 2 unspecified atom stereocenters. The van der Waals surface area contributed by atoms with Gasteiger partial charge in [0, 0.05) is 31.6 Å². The van der Waals surface area contributed by atoms with Gasteiger partial charge in [0.15, 0.2) is 12.4 Å². The molecule has 2 atom stereocenters. The molecule has 2 aromatic heterocycles. The highest BCUT2D eigenvalue weighted by Gasteiger charge is 2.46. The summed E-state index contributed by atoms with van der Waals surface area (Å²) >= 11 is 0. The average Bonchev–Trinajstić information content (AvgIpc) is 3.58. The maximum Gasteiger partial charge on any atom is 0.257 e. The van der Waals surface area contributed by atoms with Gasteiger partial charge in [0.25, 0.3) is 5.92 Å². The van der Waals surface area contributed by atoms with Gasteiger partial charge in [-0.2, -0.15) is 4.73 Å². The van der Waals surface area contributed by atoms with Crippen LogP contribution in [0.4, 0.5) is 14.6 Å². The minimum atomic E-state index is -2.90. The molecule has 1 saturated heterocycles. The summed E-state index contributed by atoms with van der Waals surface area (Å²) in [5.41, 5.74) is 0.387. The monoisotopic (exact) mass is 432 g/mol. The minimum Gasteiger partial charge on any atom is -0.619 e. The fourth-order valence-electron chi connectivity index (χ4n) is 3.72. The van der Waals surface area contributed by atoms with Crippen molar-refractivity contribution in [1.29, 1.82) is 0 Å². The van der Waals surface area contributed by atoms with Crippen molar-refractivity contribution in [3.05, 3.63) is 53.6 Å². The highest BCUT2D eigenvalue weighted by Crippen LogP contribution is 2.40. The van der Waals surface area contributed by atoms with Crippen molar-refractivity contribution in [2.45, 2.75) is 44.1 Å². The molecule has 0 radical (unpaired) electrons. The van der Waals surface area contributed by atoms with E-state index in [1.165, 1.54) is 37.4 Å². The number of halogens is 2. The first kappa shape index (κ1) is 21.4. The SMILES string of the molecule is CC(C(=O)Nc1ccc(OCC2CC2)cn1)N1CCC(F)(F)C(c2cc[n+]([O-])cc2)C1. The summed E-state index contributed by atoms with van der Waals surface area (Å²) in [6.45, 7) is 2.50. The third kappa shape index (κ3) is 5.28. The third-order valence-corrected chi connectivity index (χ3v) is 5.99. The number of alkyl halides is 2. The molecule has 0 spiro atoms. The van der Waals surface area contributed by atoms with Crippen molar-refractivity contribution < 1.29 is 23.0 Å². The Morgan fingerprint density at radius 2 is 2.10 bits per heavy atom. The Bertz CT molecular complexity index is 904. The molecule has 166 valence electrons. The van der Waals surface area contributed by atoms with Gasteiger partial charge in [-0.05, 0) is 43.4 Å². The molecule has 1 aliphatic carbocycles. The summed E-state index contributed by atoms with van der Waals surface area (Å²) in [6.07, 6.45) is 6.04. The van der Waals surface area contributed by atoms with Gasteiger partial charge in [-0.25, -0.2) is 13.8 Å². The molecule has 0 aromatic carbocycles. The molecule has 0 bridgehead atoms. The molecule has 2 fully saturated rings. The second-order valence-electron chi connectivity index (χ2n) is 8.35. The van der Waals surface area contributed by atoms with Crippen molar-refractivity contribution in [2.24, 2.45) is 5.92 Å². The number of hydrogen-bond acceptors (Lipinski definition) is 5. The van der Waals surface area contributed by atoms with Crippen LogP contribution in [-0.2, 0) is 4.79 Å². The summed E-state index contributed by atoms with van der Waals surface area (Å²) in [5.74, 6) is -2.62. The molecule has 1 amide bonds. The zero-order chi connectivity index (χ0) is 22.0. The van der Waals surface area contributed by atoms with Crippen LogP contribution in [0, 0.1) is 11.1 Å². The number of rotatable bonds is 7. The van der Waals surface area contributed by atoms with Crippen molar-refractivity contribution in [3.63, 3.8) is 0 Å². The van der Waals surface area contributed by atoms with Crippen LogP contribution < -0.4 is 14.8 Å². The first-order valence-electron chi connectivity index (χ1n) is 10.5. The van der Waals surface area contributed by atoms with E-state index in [1.54, 1.807) is 30.2 Å². The summed E-state index contributed by atoms with van der Waals surface area (Å²) in [4.78, 5) is 18.7. The second-order valence-corrected chi connectivity index (χ2v) is 8.35. The van der Waals surface area contributed by atoms with Gasteiger partial charge in [0.05, 0.1) is 24.8 Å². The van der Waals surface area contributed by atoms with Crippen LogP contribution in [0.1, 0.15) is 37.7 Å². The summed E-state index contributed by atoms with van der Waals surface area (Å²) in [7, 11) is 0. The van der Waals surface area contributed by atoms with Crippen LogP contribution in [0.25, 0.3) is 0 Å². The third-order valence-electron chi connectivity index (χ3n) is 5.99. The number of likely N-dealkylation sites (tertiary alicyclic amines) is 1. The van der Waals surface area contributed by atoms with Gasteiger partial charge in [0.2, 0.25) is 5.91 Å². The maximum absolute atomic E-state index is 14.6. The lowest BCUT2D eigenvalue weighted by atomic mass is 9.87. The molecule has 3 heterocycles. The van der Waals surface area contributed by atoms with Crippen molar-refractivity contribution >= 4 is 11.7 Å². The molecule has 1 N–H and O–H groups in total. The standard InChI is InChI=1S/C22H26F2N4O3/c1-15(21(29)26-20-5-4-18(12-25-20)31-14-16-2-3-16)27-11-8-22(23,24)19(13-27)17-6-9-28(30)10-7-17/h4-7,9-10,12,15-16,19H,2-3,8,11,13-14H2,1H3,(H,25,26,29). The van der Waals surface area contributed by atoms with E-state index in [0.29, 0.717) is 34.4 Å². The maximum atomic E-state index is 14.6. The van der Waals surface area contributed by atoms with Gasteiger partial charge in [-0.15, -0.1) is 0 Å². The van der Waals surface area contributed by atoms with Crippen LogP contribution in [0.3, 0.4) is 0 Å². The highest BCUT2D eigenvalue weighted by atomic mass is 19.3. The van der Waals surface area contributed by atoms with E-state index in [0.717, 1.165) is 0 Å². The quantitative estimate of drug-likeness (QED) is 0.538. The van der Waals surface area contributed by atoms with E-state index in [1.807, 2.05) is 0 Å². The zero-order valence-electron chi connectivity index (χ0n) is 17.3. The van der Waals surface area contributed by atoms with Crippen molar-refractivity contribution in [1.82, 2.24) is 9.88 Å². The van der Waals surface area contributed by atoms with Crippen molar-refractivity contribution in [3.8, 4) is 5.75 Å². The fourth-order valence-corrected chi connectivity index (χ4v) is 3.72. The van der Waals surface area contributed by atoms with Crippen LogP contribution in [0.2, 0.25) is 0 Å². The molecular weight excluding hydrogens is 406 g/mol. The predicted octanol–water partition coefficient (Wildman–Crippen LogP) is 2.96. The molecule has 1 aliphatic heterocycles. The molecule has 2 aliphatic rings. The van der Waals surface area contributed by atoms with Crippen LogP contribution in [0.5, 0.6) is 5.75 Å². The molecule has 9 heteroatoms. The number of anilines is 1. The number of nitrogens with zero attached hydrogens (tertiary/aromatic N) is 3. The smallest absolute Gasteiger partial charge is 0.257 e. The molecule has 7 nitrogen and oxygen atoms in total. The predicted molar refractivity (Wildman–Crippen MR) is 110 cm³/mol. The van der Waals surface area contributed by atoms with Gasteiger partial charge < -0.3 is 15.3 Å². The van der Waals surface area contributed by atoms with Crippen LogP contribution in [-0.4, -0.2) is 47.5 Å². The number of hydrogen-bond donors (Lipinski definition) is 1. The van der Waals surface area contributed by atoms with E-state index in [4.69, 9.17) is 4.74 Å². The highest BCUT2D eigenvalue weighted by molar-refractivity contribution is 5.93. The summed E-state index contributed by atoms with van der Waals surface area (Å²) in [6, 6.07) is 5.64.